The maximum absolute atomic E-state index is 10.7. The molecule has 2 rings (SSSR count). The summed E-state index contributed by atoms with van der Waals surface area (Å²) in [5.41, 5.74) is 0.856. The van der Waals surface area contributed by atoms with E-state index in [-0.39, 0.29) is 30.9 Å². The van der Waals surface area contributed by atoms with Crippen molar-refractivity contribution >= 4 is 5.97 Å². The number of methoxy groups -OCH3 is 1. The highest BCUT2D eigenvalue weighted by molar-refractivity contribution is 5.66. The Labute approximate surface area is 118 Å². The number of hydrogen-bond acceptors (Lipinski definition) is 6. The summed E-state index contributed by atoms with van der Waals surface area (Å²) in [6.45, 7) is 5.47. The lowest BCUT2D eigenvalue weighted by atomic mass is 9.98. The molecule has 6 heteroatoms. The van der Waals surface area contributed by atoms with Crippen molar-refractivity contribution in [3.8, 4) is 0 Å². The molecule has 0 aromatic carbocycles. The van der Waals surface area contributed by atoms with Gasteiger partial charge in [-0.05, 0) is 24.8 Å². The molecule has 0 aromatic rings. The molecule has 0 aromatic heterocycles. The average molecular weight is 286 g/mol. The SMILES string of the molecule is C=C(CCC[C@H]1O[C@H](OC)[C@@H]2O[C@@H]2[C@@H]1O)COC(C)=O. The van der Waals surface area contributed by atoms with Crippen LogP contribution in [0, 0.1) is 0 Å². The highest BCUT2D eigenvalue weighted by Gasteiger charge is 2.57. The Bertz CT molecular complexity index is 369. The van der Waals surface area contributed by atoms with Crippen LogP contribution in [-0.2, 0) is 23.7 Å². The van der Waals surface area contributed by atoms with Gasteiger partial charge in [0.1, 0.15) is 24.9 Å². The molecule has 5 atom stereocenters. The minimum Gasteiger partial charge on any atom is -0.461 e. The summed E-state index contributed by atoms with van der Waals surface area (Å²) in [7, 11) is 1.57. The van der Waals surface area contributed by atoms with E-state index in [1.807, 2.05) is 0 Å². The number of aliphatic hydroxyl groups excluding tert-OH is 1. The second kappa shape index (κ2) is 6.67. The van der Waals surface area contributed by atoms with Crippen molar-refractivity contribution < 1.29 is 28.8 Å². The summed E-state index contributed by atoms with van der Waals surface area (Å²) in [5.74, 6) is -0.308. The molecule has 2 saturated heterocycles. The van der Waals surface area contributed by atoms with Gasteiger partial charge in [0.2, 0.25) is 0 Å². The zero-order valence-electron chi connectivity index (χ0n) is 11.9. The van der Waals surface area contributed by atoms with Crippen LogP contribution in [0.2, 0.25) is 0 Å². The number of carbonyl (C=O) groups excluding carboxylic acids is 1. The zero-order valence-corrected chi connectivity index (χ0v) is 11.9. The molecule has 6 nitrogen and oxygen atoms in total. The number of esters is 1. The van der Waals surface area contributed by atoms with Crippen LogP contribution in [0.1, 0.15) is 26.2 Å². The predicted molar refractivity (Wildman–Crippen MR) is 70.0 cm³/mol. The largest absolute Gasteiger partial charge is 0.461 e. The summed E-state index contributed by atoms with van der Waals surface area (Å²) < 4.78 is 21.1. The Hall–Kier alpha value is -0.950. The Morgan fingerprint density at radius 1 is 1.35 bits per heavy atom. The molecular weight excluding hydrogens is 264 g/mol. The second-order valence-electron chi connectivity index (χ2n) is 5.26. The molecule has 2 aliphatic heterocycles. The first-order valence-corrected chi connectivity index (χ1v) is 6.84. The van der Waals surface area contributed by atoms with E-state index in [9.17, 15) is 9.90 Å². The molecule has 0 amide bonds. The van der Waals surface area contributed by atoms with Crippen molar-refractivity contribution in [2.45, 2.75) is 56.9 Å². The maximum Gasteiger partial charge on any atom is 0.302 e. The monoisotopic (exact) mass is 286 g/mol. The summed E-state index contributed by atoms with van der Waals surface area (Å²) in [4.78, 5) is 10.7. The summed E-state index contributed by atoms with van der Waals surface area (Å²) in [6, 6.07) is 0. The lowest BCUT2D eigenvalue weighted by Crippen LogP contribution is -2.45. The first kappa shape index (κ1) is 15.4. The molecule has 0 bridgehead atoms. The standard InChI is InChI=1S/C14H22O6/c1-8(7-18-9(2)15)5-4-6-10-11(16)12-13(20-12)14(17-3)19-10/h10-14,16H,1,4-7H2,2-3H3/t10-,11-,12-,13-,14+/m1/s1. The Kier molecular flexibility index (Phi) is 5.15. The van der Waals surface area contributed by atoms with Crippen molar-refractivity contribution in [3.63, 3.8) is 0 Å². The number of ether oxygens (including phenoxy) is 4. The van der Waals surface area contributed by atoms with Crippen LogP contribution in [-0.4, -0.2) is 55.5 Å². The fourth-order valence-corrected chi connectivity index (χ4v) is 2.43. The molecule has 0 aliphatic carbocycles. The zero-order chi connectivity index (χ0) is 14.7. The van der Waals surface area contributed by atoms with Crippen molar-refractivity contribution in [3.05, 3.63) is 12.2 Å². The molecule has 1 N–H and O–H groups in total. The van der Waals surface area contributed by atoms with Crippen molar-refractivity contribution in [2.24, 2.45) is 0 Å². The third-order valence-corrected chi connectivity index (χ3v) is 3.59. The molecule has 0 saturated carbocycles. The van der Waals surface area contributed by atoms with E-state index in [0.29, 0.717) is 6.42 Å². The van der Waals surface area contributed by atoms with Crippen molar-refractivity contribution in [1.29, 1.82) is 0 Å². The average Bonchev–Trinajstić information content (AvgIpc) is 3.20. The maximum atomic E-state index is 10.7. The van der Waals surface area contributed by atoms with Gasteiger partial charge in [0.25, 0.3) is 0 Å². The van der Waals surface area contributed by atoms with Crippen LogP contribution in [0.25, 0.3) is 0 Å². The van der Waals surface area contributed by atoms with Gasteiger partial charge in [0, 0.05) is 14.0 Å². The quantitative estimate of drug-likeness (QED) is 0.423. The lowest BCUT2D eigenvalue weighted by molar-refractivity contribution is -0.200. The van der Waals surface area contributed by atoms with Gasteiger partial charge in [-0.2, -0.15) is 0 Å². The molecule has 20 heavy (non-hydrogen) atoms. The number of epoxide rings is 1. The summed E-state index contributed by atoms with van der Waals surface area (Å²) >= 11 is 0. The van der Waals surface area contributed by atoms with Gasteiger partial charge in [0.15, 0.2) is 6.29 Å². The first-order valence-electron chi connectivity index (χ1n) is 6.84. The van der Waals surface area contributed by atoms with Gasteiger partial charge in [-0.15, -0.1) is 0 Å². The van der Waals surface area contributed by atoms with Crippen LogP contribution in [0.15, 0.2) is 12.2 Å². The normalized spacial score (nSPS) is 35.2. The fourth-order valence-electron chi connectivity index (χ4n) is 2.43. The van der Waals surface area contributed by atoms with E-state index in [4.69, 9.17) is 18.9 Å². The van der Waals surface area contributed by atoms with Crippen LogP contribution in [0.3, 0.4) is 0 Å². The van der Waals surface area contributed by atoms with Crippen LogP contribution in [0.5, 0.6) is 0 Å². The molecule has 2 heterocycles. The van der Waals surface area contributed by atoms with E-state index in [2.05, 4.69) is 6.58 Å². The lowest BCUT2D eigenvalue weighted by Gasteiger charge is -2.30. The van der Waals surface area contributed by atoms with Crippen LogP contribution >= 0.6 is 0 Å². The molecule has 2 aliphatic rings. The molecule has 114 valence electrons. The molecule has 0 unspecified atom stereocenters. The predicted octanol–water partition coefficient (Wildman–Crippen LogP) is 0.776. The Morgan fingerprint density at radius 3 is 2.75 bits per heavy atom. The van der Waals surface area contributed by atoms with E-state index in [0.717, 1.165) is 18.4 Å². The highest BCUT2D eigenvalue weighted by atomic mass is 16.7. The summed E-state index contributed by atoms with van der Waals surface area (Å²) in [6.07, 6.45) is 0.638. The van der Waals surface area contributed by atoms with E-state index < -0.39 is 12.4 Å². The molecule has 0 spiro atoms. The number of carbonyl (C=O) groups is 1. The molecular formula is C14H22O6. The van der Waals surface area contributed by atoms with Crippen molar-refractivity contribution in [1.82, 2.24) is 0 Å². The molecule has 0 radical (unpaired) electrons. The number of aliphatic hydroxyl groups is 1. The molecule has 2 fully saturated rings. The highest BCUT2D eigenvalue weighted by Crippen LogP contribution is 2.38. The first-order chi connectivity index (χ1) is 9.52. The third kappa shape index (κ3) is 3.79. The van der Waals surface area contributed by atoms with Gasteiger partial charge in [-0.25, -0.2) is 0 Å². The van der Waals surface area contributed by atoms with Crippen LogP contribution < -0.4 is 0 Å². The fraction of sp³-hybridized carbons (Fsp3) is 0.786. The Morgan fingerprint density at radius 2 is 2.10 bits per heavy atom. The number of rotatable bonds is 7. The topological polar surface area (TPSA) is 77.5 Å². The number of hydrogen-bond donors (Lipinski definition) is 1. The van der Waals surface area contributed by atoms with Gasteiger partial charge in [-0.3, -0.25) is 4.79 Å². The second-order valence-corrected chi connectivity index (χ2v) is 5.26. The number of fused-ring (bicyclic) bond motifs is 1. The third-order valence-electron chi connectivity index (χ3n) is 3.59. The minimum absolute atomic E-state index is 0.134. The van der Waals surface area contributed by atoms with Gasteiger partial charge < -0.3 is 24.1 Å². The van der Waals surface area contributed by atoms with Gasteiger partial charge in [0.05, 0.1) is 6.10 Å². The van der Waals surface area contributed by atoms with E-state index >= 15 is 0 Å². The van der Waals surface area contributed by atoms with E-state index in [1.165, 1.54) is 6.92 Å². The van der Waals surface area contributed by atoms with Gasteiger partial charge in [-0.1, -0.05) is 6.58 Å². The van der Waals surface area contributed by atoms with Gasteiger partial charge >= 0.3 is 5.97 Å². The Balaban J connectivity index is 1.68. The smallest absolute Gasteiger partial charge is 0.302 e. The van der Waals surface area contributed by atoms with Crippen molar-refractivity contribution in [2.75, 3.05) is 13.7 Å². The minimum atomic E-state index is -0.604. The van der Waals surface area contributed by atoms with E-state index in [1.54, 1.807) is 7.11 Å². The van der Waals surface area contributed by atoms with Crippen LogP contribution in [0.4, 0.5) is 0 Å². The summed E-state index contributed by atoms with van der Waals surface area (Å²) in [5, 5.41) is 10.0.